The van der Waals surface area contributed by atoms with Crippen molar-refractivity contribution in [1.82, 2.24) is 5.32 Å². The van der Waals surface area contributed by atoms with Gasteiger partial charge in [-0.15, -0.1) is 0 Å². The molecule has 1 atom stereocenters. The van der Waals surface area contributed by atoms with Crippen molar-refractivity contribution >= 4 is 5.69 Å². The summed E-state index contributed by atoms with van der Waals surface area (Å²) >= 11 is 0. The van der Waals surface area contributed by atoms with Crippen LogP contribution in [0.1, 0.15) is 45.2 Å². The van der Waals surface area contributed by atoms with E-state index in [2.05, 4.69) is 56.1 Å². The van der Waals surface area contributed by atoms with Gasteiger partial charge in [-0.2, -0.15) is 0 Å². The maximum Gasteiger partial charge on any atom is 0.0438 e. The predicted molar refractivity (Wildman–Crippen MR) is 86.5 cm³/mol. The summed E-state index contributed by atoms with van der Waals surface area (Å²) in [6.45, 7) is 11.5. The molecule has 0 amide bonds. The summed E-state index contributed by atoms with van der Waals surface area (Å²) < 4.78 is 0. The second-order valence-corrected chi connectivity index (χ2v) is 7.51. The van der Waals surface area contributed by atoms with Crippen LogP contribution >= 0.6 is 0 Å². The van der Waals surface area contributed by atoms with Crippen molar-refractivity contribution in [1.29, 1.82) is 0 Å². The molecular weight excluding hydrogens is 244 g/mol. The van der Waals surface area contributed by atoms with Crippen LogP contribution in [0.4, 0.5) is 5.69 Å². The van der Waals surface area contributed by atoms with E-state index in [1.807, 2.05) is 0 Å². The number of nitrogens with one attached hydrogen (secondary N) is 1. The van der Waals surface area contributed by atoms with Gasteiger partial charge in [-0.25, -0.2) is 0 Å². The molecule has 1 heterocycles. The molecule has 1 fully saturated rings. The first-order chi connectivity index (χ1) is 9.46. The molecule has 20 heavy (non-hydrogen) atoms. The van der Waals surface area contributed by atoms with Crippen LogP contribution in [-0.2, 0) is 12.8 Å². The molecule has 1 N–H and O–H groups in total. The molecule has 3 rings (SSSR count). The summed E-state index contributed by atoms with van der Waals surface area (Å²) in [5.41, 5.74) is 4.79. The van der Waals surface area contributed by atoms with Gasteiger partial charge in [0.1, 0.15) is 0 Å². The lowest BCUT2D eigenvalue weighted by atomic mass is 9.92. The van der Waals surface area contributed by atoms with Gasteiger partial charge in [0, 0.05) is 30.4 Å². The van der Waals surface area contributed by atoms with Crippen LogP contribution < -0.4 is 10.2 Å². The second-order valence-electron chi connectivity index (χ2n) is 7.51. The van der Waals surface area contributed by atoms with E-state index in [4.69, 9.17) is 0 Å². The first kappa shape index (κ1) is 13.9. The maximum absolute atomic E-state index is 3.70. The Balaban J connectivity index is 1.92. The van der Waals surface area contributed by atoms with Gasteiger partial charge in [-0.1, -0.05) is 19.9 Å². The maximum atomic E-state index is 3.70. The Hall–Kier alpha value is -1.02. The third-order valence-electron chi connectivity index (χ3n) is 4.94. The van der Waals surface area contributed by atoms with Crippen molar-refractivity contribution in [3.63, 3.8) is 0 Å². The third-order valence-corrected chi connectivity index (χ3v) is 4.94. The molecule has 1 unspecified atom stereocenters. The quantitative estimate of drug-likeness (QED) is 0.888. The molecular formula is C18H28N2. The highest BCUT2D eigenvalue weighted by molar-refractivity contribution is 5.54. The second kappa shape index (κ2) is 5.07. The van der Waals surface area contributed by atoms with E-state index < -0.39 is 0 Å². The normalized spacial score (nSPS) is 25.1. The molecule has 0 radical (unpaired) electrons. The van der Waals surface area contributed by atoms with Gasteiger partial charge in [-0.05, 0) is 62.3 Å². The van der Waals surface area contributed by atoms with Crippen molar-refractivity contribution in [2.24, 2.45) is 5.92 Å². The lowest BCUT2D eigenvalue weighted by Crippen LogP contribution is -2.63. The average Bonchev–Trinajstić information content (AvgIpc) is 2.84. The van der Waals surface area contributed by atoms with E-state index in [0.717, 1.165) is 13.1 Å². The largest absolute Gasteiger partial charge is 0.365 e. The zero-order valence-corrected chi connectivity index (χ0v) is 13.4. The Morgan fingerprint density at radius 3 is 2.70 bits per heavy atom. The van der Waals surface area contributed by atoms with Gasteiger partial charge in [0.15, 0.2) is 0 Å². The molecule has 0 saturated carbocycles. The van der Waals surface area contributed by atoms with E-state index in [9.17, 15) is 0 Å². The number of anilines is 1. The monoisotopic (exact) mass is 272 g/mol. The van der Waals surface area contributed by atoms with Crippen LogP contribution in [0.25, 0.3) is 0 Å². The molecule has 0 spiro atoms. The van der Waals surface area contributed by atoms with Crippen molar-refractivity contribution in [2.75, 3.05) is 18.0 Å². The Morgan fingerprint density at radius 1 is 1.20 bits per heavy atom. The molecule has 110 valence electrons. The molecule has 2 aliphatic rings. The van der Waals surface area contributed by atoms with Crippen LogP contribution in [0, 0.1) is 5.92 Å². The fourth-order valence-corrected chi connectivity index (χ4v) is 3.71. The molecule has 0 aromatic heterocycles. The Bertz CT molecular complexity index is 490. The van der Waals surface area contributed by atoms with Gasteiger partial charge >= 0.3 is 0 Å². The predicted octanol–water partition coefficient (Wildman–Crippen LogP) is 3.39. The smallest absolute Gasteiger partial charge is 0.0438 e. The number of hydrogen-bond donors (Lipinski definition) is 1. The number of rotatable bonds is 2. The molecule has 1 saturated heterocycles. The van der Waals surface area contributed by atoms with Crippen LogP contribution in [0.5, 0.6) is 0 Å². The van der Waals surface area contributed by atoms with E-state index in [-0.39, 0.29) is 5.54 Å². The van der Waals surface area contributed by atoms with Crippen molar-refractivity contribution in [3.05, 3.63) is 29.3 Å². The number of aryl methyl sites for hydroxylation is 2. The van der Waals surface area contributed by atoms with Crippen LogP contribution in [0.15, 0.2) is 18.2 Å². The fraction of sp³-hybridized carbons (Fsp3) is 0.667. The van der Waals surface area contributed by atoms with Crippen LogP contribution in [0.2, 0.25) is 0 Å². The molecule has 2 heteroatoms. The minimum absolute atomic E-state index is 0.199. The molecule has 1 aromatic carbocycles. The van der Waals surface area contributed by atoms with Crippen molar-refractivity contribution < 1.29 is 0 Å². The summed E-state index contributed by atoms with van der Waals surface area (Å²) in [7, 11) is 0. The minimum Gasteiger partial charge on any atom is -0.365 e. The van der Waals surface area contributed by atoms with Gasteiger partial charge in [0.05, 0.1) is 0 Å². The minimum atomic E-state index is 0.199. The number of benzene rings is 1. The van der Waals surface area contributed by atoms with Crippen molar-refractivity contribution in [3.8, 4) is 0 Å². The standard InChI is InChI=1S/C18H28N2/c1-13(2)17-11-19-18(3,4)12-20(17)16-9-8-14-6-5-7-15(14)10-16/h8-10,13,17,19H,5-7,11-12H2,1-4H3. The Morgan fingerprint density at radius 2 is 1.95 bits per heavy atom. The van der Waals surface area contributed by atoms with Gasteiger partial charge in [-0.3, -0.25) is 0 Å². The van der Waals surface area contributed by atoms with Crippen LogP contribution in [-0.4, -0.2) is 24.7 Å². The van der Waals surface area contributed by atoms with Crippen molar-refractivity contribution in [2.45, 2.75) is 58.5 Å². The SMILES string of the molecule is CC(C)C1CNC(C)(C)CN1c1ccc2c(c1)CCC2. The molecule has 1 aliphatic carbocycles. The van der Waals surface area contributed by atoms with E-state index in [1.54, 1.807) is 11.1 Å². The van der Waals surface area contributed by atoms with Gasteiger partial charge in [0.2, 0.25) is 0 Å². The molecule has 1 aliphatic heterocycles. The fourth-order valence-electron chi connectivity index (χ4n) is 3.71. The molecule has 1 aromatic rings. The Labute approximate surface area is 123 Å². The number of hydrogen-bond acceptors (Lipinski definition) is 2. The zero-order valence-electron chi connectivity index (χ0n) is 13.4. The van der Waals surface area contributed by atoms with Gasteiger partial charge < -0.3 is 10.2 Å². The third kappa shape index (κ3) is 2.58. The van der Waals surface area contributed by atoms with Crippen LogP contribution in [0.3, 0.4) is 0 Å². The van der Waals surface area contributed by atoms with E-state index >= 15 is 0 Å². The van der Waals surface area contributed by atoms with E-state index in [1.165, 1.54) is 24.9 Å². The summed E-state index contributed by atoms with van der Waals surface area (Å²) in [5, 5.41) is 3.70. The van der Waals surface area contributed by atoms with E-state index in [0.29, 0.717) is 12.0 Å². The number of fused-ring (bicyclic) bond motifs is 1. The topological polar surface area (TPSA) is 15.3 Å². The average molecular weight is 272 g/mol. The number of nitrogens with zero attached hydrogens (tertiary/aromatic N) is 1. The number of piperazine rings is 1. The summed E-state index contributed by atoms with van der Waals surface area (Å²) in [4.78, 5) is 2.64. The highest BCUT2D eigenvalue weighted by atomic mass is 15.3. The molecule has 0 bridgehead atoms. The first-order valence-corrected chi connectivity index (χ1v) is 8.10. The summed E-state index contributed by atoms with van der Waals surface area (Å²) in [5.74, 6) is 0.673. The van der Waals surface area contributed by atoms with Gasteiger partial charge in [0.25, 0.3) is 0 Å². The lowest BCUT2D eigenvalue weighted by Gasteiger charge is -2.47. The first-order valence-electron chi connectivity index (χ1n) is 8.10. The summed E-state index contributed by atoms with van der Waals surface area (Å²) in [6, 6.07) is 7.77. The lowest BCUT2D eigenvalue weighted by molar-refractivity contribution is 0.277. The zero-order chi connectivity index (χ0) is 14.3. The Kier molecular flexibility index (Phi) is 3.53. The highest BCUT2D eigenvalue weighted by Crippen LogP contribution is 2.31. The highest BCUT2D eigenvalue weighted by Gasteiger charge is 2.34. The summed E-state index contributed by atoms with van der Waals surface area (Å²) in [6.07, 6.45) is 3.88. The molecule has 2 nitrogen and oxygen atoms in total.